The summed E-state index contributed by atoms with van der Waals surface area (Å²) >= 11 is 1.50. The lowest BCUT2D eigenvalue weighted by Crippen LogP contribution is -2.07. The van der Waals surface area contributed by atoms with Gasteiger partial charge in [0, 0.05) is 17.8 Å². The second kappa shape index (κ2) is 3.98. The van der Waals surface area contributed by atoms with Gasteiger partial charge in [-0.25, -0.2) is 4.98 Å². The van der Waals surface area contributed by atoms with E-state index in [1.807, 2.05) is 16.0 Å². The van der Waals surface area contributed by atoms with E-state index in [-0.39, 0.29) is 12.4 Å². The van der Waals surface area contributed by atoms with Crippen LogP contribution in [0.2, 0.25) is 0 Å². The molecule has 0 spiro atoms. The number of thiazole rings is 1. The maximum Gasteiger partial charge on any atom is 0.312 e. The molecule has 14 heavy (non-hydrogen) atoms. The van der Waals surface area contributed by atoms with E-state index in [1.165, 1.54) is 11.3 Å². The number of halogens is 1. The van der Waals surface area contributed by atoms with Gasteiger partial charge in [-0.05, 0) is 6.92 Å². The van der Waals surface area contributed by atoms with E-state index in [1.54, 1.807) is 13.1 Å². The van der Waals surface area contributed by atoms with Crippen LogP contribution in [0.15, 0.2) is 17.8 Å². The first kappa shape index (κ1) is 11.0. The Morgan fingerprint density at radius 2 is 2.43 bits per heavy atom. The van der Waals surface area contributed by atoms with Gasteiger partial charge >= 0.3 is 5.97 Å². The molecule has 6 heteroatoms. The Bertz CT molecular complexity index is 422. The summed E-state index contributed by atoms with van der Waals surface area (Å²) in [5.74, 6) is -1.38. The summed E-state index contributed by atoms with van der Waals surface area (Å²) in [6, 6.07) is 0. The third kappa shape index (κ3) is 1.73. The molecule has 0 aliphatic heterocycles. The number of aliphatic carboxylic acids is 1. The standard InChI is InChI=1S/C8H8N2O2S.ClH/c1-5(7(11)12)6-4-10-2-3-13-8(10)9-6;/h2-5H,1H3,(H,11,12);1H. The molecule has 1 N–H and O–H groups in total. The van der Waals surface area contributed by atoms with Crippen LogP contribution in [-0.4, -0.2) is 20.5 Å². The number of hydrogen-bond donors (Lipinski definition) is 1. The highest BCUT2D eigenvalue weighted by Gasteiger charge is 2.17. The molecule has 0 radical (unpaired) electrons. The fourth-order valence-corrected chi connectivity index (χ4v) is 1.79. The quantitative estimate of drug-likeness (QED) is 0.862. The lowest BCUT2D eigenvalue weighted by Gasteiger charge is -1.98. The predicted molar refractivity (Wildman–Crippen MR) is 56.4 cm³/mol. The van der Waals surface area contributed by atoms with Gasteiger partial charge in [0.1, 0.15) is 0 Å². The zero-order chi connectivity index (χ0) is 9.42. The SMILES string of the molecule is CC(C(=O)O)c1cn2ccsc2n1.Cl. The largest absolute Gasteiger partial charge is 0.481 e. The summed E-state index contributed by atoms with van der Waals surface area (Å²) in [4.78, 5) is 15.7. The summed E-state index contributed by atoms with van der Waals surface area (Å²) in [5.41, 5.74) is 0.611. The van der Waals surface area contributed by atoms with Crippen molar-refractivity contribution in [2.45, 2.75) is 12.8 Å². The molecule has 0 amide bonds. The smallest absolute Gasteiger partial charge is 0.312 e. The van der Waals surface area contributed by atoms with E-state index in [4.69, 9.17) is 5.11 Å². The lowest BCUT2D eigenvalue weighted by molar-refractivity contribution is -0.138. The minimum absolute atomic E-state index is 0. The Morgan fingerprint density at radius 3 is 3.00 bits per heavy atom. The highest BCUT2D eigenvalue weighted by molar-refractivity contribution is 7.15. The third-order valence-electron chi connectivity index (χ3n) is 1.93. The van der Waals surface area contributed by atoms with Crippen molar-refractivity contribution in [2.24, 2.45) is 0 Å². The van der Waals surface area contributed by atoms with Crippen LogP contribution >= 0.6 is 23.7 Å². The molecule has 0 fully saturated rings. The van der Waals surface area contributed by atoms with Gasteiger partial charge in [-0.15, -0.1) is 23.7 Å². The van der Waals surface area contributed by atoms with Crippen LogP contribution in [0, 0.1) is 0 Å². The number of carboxylic acid groups (broad SMARTS) is 1. The molecule has 4 nitrogen and oxygen atoms in total. The van der Waals surface area contributed by atoms with Gasteiger partial charge in [0.2, 0.25) is 0 Å². The summed E-state index contributed by atoms with van der Waals surface area (Å²) in [6.45, 7) is 1.63. The molecule has 0 aromatic carbocycles. The van der Waals surface area contributed by atoms with Gasteiger partial charge in [0.05, 0.1) is 11.6 Å². The molecule has 2 rings (SSSR count). The topological polar surface area (TPSA) is 54.6 Å². The highest BCUT2D eigenvalue weighted by atomic mass is 35.5. The van der Waals surface area contributed by atoms with Crippen molar-refractivity contribution in [1.29, 1.82) is 0 Å². The molecule has 0 saturated carbocycles. The van der Waals surface area contributed by atoms with E-state index in [9.17, 15) is 4.79 Å². The van der Waals surface area contributed by atoms with Crippen molar-refractivity contribution in [2.75, 3.05) is 0 Å². The molecule has 2 heterocycles. The maximum atomic E-state index is 10.7. The number of aromatic nitrogens is 2. The predicted octanol–water partition coefficient (Wildman–Crippen LogP) is 2.01. The van der Waals surface area contributed by atoms with Crippen molar-refractivity contribution in [3.8, 4) is 0 Å². The van der Waals surface area contributed by atoms with Crippen LogP contribution in [0.3, 0.4) is 0 Å². The first-order chi connectivity index (χ1) is 6.18. The van der Waals surface area contributed by atoms with Crippen LogP contribution in [0.25, 0.3) is 4.96 Å². The average molecular weight is 233 g/mol. The molecular formula is C8H9ClN2O2S. The number of rotatable bonds is 2. The maximum absolute atomic E-state index is 10.7. The van der Waals surface area contributed by atoms with E-state index in [0.717, 1.165) is 4.96 Å². The van der Waals surface area contributed by atoms with Crippen LogP contribution in [0.1, 0.15) is 18.5 Å². The van der Waals surface area contributed by atoms with Crippen LogP contribution in [0.4, 0.5) is 0 Å². The molecule has 2 aromatic rings. The van der Waals surface area contributed by atoms with Gasteiger partial charge in [0.15, 0.2) is 4.96 Å². The number of hydrogen-bond acceptors (Lipinski definition) is 3. The second-order valence-corrected chi connectivity index (χ2v) is 3.69. The fraction of sp³-hybridized carbons (Fsp3) is 0.250. The van der Waals surface area contributed by atoms with Crippen molar-refractivity contribution in [3.05, 3.63) is 23.5 Å². The first-order valence-corrected chi connectivity index (χ1v) is 4.71. The Hall–Kier alpha value is -1.07. The number of carbonyl (C=O) groups is 1. The van der Waals surface area contributed by atoms with Crippen molar-refractivity contribution in [1.82, 2.24) is 9.38 Å². The van der Waals surface area contributed by atoms with Gasteiger partial charge < -0.3 is 5.11 Å². The summed E-state index contributed by atoms with van der Waals surface area (Å²) in [5, 5.41) is 10.7. The molecule has 0 bridgehead atoms. The Labute approximate surface area is 90.6 Å². The molecule has 2 aromatic heterocycles. The van der Waals surface area contributed by atoms with Crippen molar-refractivity contribution >= 4 is 34.7 Å². The molecule has 1 unspecified atom stereocenters. The highest BCUT2D eigenvalue weighted by Crippen LogP contribution is 2.18. The van der Waals surface area contributed by atoms with E-state index in [0.29, 0.717) is 5.69 Å². The van der Waals surface area contributed by atoms with E-state index < -0.39 is 11.9 Å². The molecule has 0 saturated heterocycles. The molecule has 0 aliphatic carbocycles. The van der Waals surface area contributed by atoms with Crippen LogP contribution < -0.4 is 0 Å². The summed E-state index contributed by atoms with van der Waals surface area (Å²) < 4.78 is 1.83. The van der Waals surface area contributed by atoms with Crippen LogP contribution in [-0.2, 0) is 4.79 Å². The van der Waals surface area contributed by atoms with E-state index >= 15 is 0 Å². The zero-order valence-corrected chi connectivity index (χ0v) is 9.01. The second-order valence-electron chi connectivity index (χ2n) is 2.82. The Balaban J connectivity index is 0.000000980. The minimum atomic E-state index is -0.842. The number of carboxylic acids is 1. The summed E-state index contributed by atoms with van der Waals surface area (Å²) in [7, 11) is 0. The number of fused-ring (bicyclic) bond motifs is 1. The van der Waals surface area contributed by atoms with Gasteiger partial charge in [-0.3, -0.25) is 9.20 Å². The van der Waals surface area contributed by atoms with Crippen LogP contribution in [0.5, 0.6) is 0 Å². The minimum Gasteiger partial charge on any atom is -0.481 e. The van der Waals surface area contributed by atoms with Crippen molar-refractivity contribution < 1.29 is 9.90 Å². The summed E-state index contributed by atoms with van der Waals surface area (Å²) in [6.07, 6.45) is 3.62. The normalized spacial score (nSPS) is 12.4. The van der Waals surface area contributed by atoms with Gasteiger partial charge in [-0.1, -0.05) is 0 Å². The Kier molecular flexibility index (Phi) is 3.13. The molecule has 76 valence electrons. The van der Waals surface area contributed by atoms with Gasteiger partial charge in [-0.2, -0.15) is 0 Å². The number of nitrogens with zero attached hydrogens (tertiary/aromatic N) is 2. The zero-order valence-electron chi connectivity index (χ0n) is 7.38. The average Bonchev–Trinajstić information content (AvgIpc) is 2.59. The Morgan fingerprint density at radius 1 is 1.71 bits per heavy atom. The lowest BCUT2D eigenvalue weighted by atomic mass is 10.1. The number of imidazole rings is 1. The fourth-order valence-electron chi connectivity index (χ4n) is 1.08. The van der Waals surface area contributed by atoms with Gasteiger partial charge in [0.25, 0.3) is 0 Å². The van der Waals surface area contributed by atoms with Crippen molar-refractivity contribution in [3.63, 3.8) is 0 Å². The molecule has 1 atom stereocenters. The molecule has 0 aliphatic rings. The molecular weight excluding hydrogens is 224 g/mol. The van der Waals surface area contributed by atoms with E-state index in [2.05, 4.69) is 4.98 Å². The monoisotopic (exact) mass is 232 g/mol. The third-order valence-corrected chi connectivity index (χ3v) is 2.70. The first-order valence-electron chi connectivity index (χ1n) is 3.83.